The number of fused-ring (bicyclic) bond motifs is 5. The normalized spacial score (nSPS) is 21.2. The summed E-state index contributed by atoms with van der Waals surface area (Å²) in [6.45, 7) is 7.26. The average Bonchev–Trinajstić information content (AvgIpc) is 2.97. The van der Waals surface area contributed by atoms with Crippen molar-refractivity contribution in [1.29, 1.82) is 0 Å². The first kappa shape index (κ1) is 26.2. The number of carbonyl (C=O) groups is 3. The smallest absolute Gasteiger partial charge is 0.310 e. The number of piperidine rings is 1. The Kier molecular flexibility index (Phi) is 7.11. The van der Waals surface area contributed by atoms with Gasteiger partial charge in [-0.05, 0) is 57.8 Å². The first-order chi connectivity index (χ1) is 19.5. The van der Waals surface area contributed by atoms with Crippen molar-refractivity contribution in [1.82, 2.24) is 4.90 Å². The molecular formula is C32H33N3O5. The molecule has 40 heavy (non-hydrogen) atoms. The highest BCUT2D eigenvalue weighted by atomic mass is 16.5. The van der Waals surface area contributed by atoms with E-state index >= 15 is 0 Å². The van der Waals surface area contributed by atoms with Crippen LogP contribution in [0.2, 0.25) is 0 Å². The van der Waals surface area contributed by atoms with Gasteiger partial charge in [0.25, 0.3) is 0 Å². The van der Waals surface area contributed by atoms with E-state index in [4.69, 9.17) is 14.5 Å². The first-order valence-corrected chi connectivity index (χ1v) is 14.1. The molecule has 206 valence electrons. The molecule has 2 aliphatic carbocycles. The molecule has 0 aromatic heterocycles. The predicted octanol–water partition coefficient (Wildman–Crippen LogP) is 4.89. The van der Waals surface area contributed by atoms with Crippen molar-refractivity contribution < 1.29 is 23.9 Å². The fraction of sp³-hybridized carbons (Fsp3) is 0.375. The molecule has 1 saturated heterocycles. The molecule has 2 heterocycles. The fourth-order valence-electron chi connectivity index (χ4n) is 6.04. The number of esters is 1. The number of nitrogens with one attached hydrogen (secondary N) is 1. The number of benzene rings is 2. The summed E-state index contributed by atoms with van der Waals surface area (Å²) in [5.41, 5.74) is 4.15. The molecule has 0 saturated carbocycles. The number of likely N-dealkylation sites (tertiary alicyclic amines) is 1. The number of allylic oxidation sites excluding steroid dienone is 2. The molecule has 1 unspecified atom stereocenters. The van der Waals surface area contributed by atoms with E-state index in [0.29, 0.717) is 59.1 Å². The van der Waals surface area contributed by atoms with Crippen molar-refractivity contribution in [3.05, 3.63) is 76.4 Å². The van der Waals surface area contributed by atoms with E-state index in [9.17, 15) is 14.4 Å². The number of nitrogens with zero attached hydrogens (tertiary/aromatic N) is 2. The van der Waals surface area contributed by atoms with E-state index in [-0.39, 0.29) is 29.6 Å². The van der Waals surface area contributed by atoms with Crippen molar-refractivity contribution >= 4 is 34.6 Å². The zero-order valence-corrected chi connectivity index (χ0v) is 22.9. The Balaban J connectivity index is 1.27. The van der Waals surface area contributed by atoms with Gasteiger partial charge < -0.3 is 19.7 Å². The van der Waals surface area contributed by atoms with Crippen LogP contribution in [0.5, 0.6) is 5.75 Å². The van der Waals surface area contributed by atoms with Crippen LogP contribution in [0, 0.1) is 5.92 Å². The number of hydrogen-bond acceptors (Lipinski definition) is 8. The predicted molar refractivity (Wildman–Crippen MR) is 153 cm³/mol. The molecule has 0 radical (unpaired) electrons. The Morgan fingerprint density at radius 2 is 1.95 bits per heavy atom. The lowest BCUT2D eigenvalue weighted by Gasteiger charge is -2.32. The number of anilines is 1. The Morgan fingerprint density at radius 3 is 2.73 bits per heavy atom. The highest BCUT2D eigenvalue weighted by Gasteiger charge is 2.38. The summed E-state index contributed by atoms with van der Waals surface area (Å²) in [6, 6.07) is 8.76. The number of carbonyl (C=O) groups excluding carboxylic acids is 3. The van der Waals surface area contributed by atoms with E-state index in [1.54, 1.807) is 24.3 Å². The Labute approximate surface area is 233 Å². The standard InChI is InChI=1S/C32H33N3O5/c1-3-39-32(38)20-10-7-15-35(18-20)16-8-14-33-23-17-25-29(34-28-19(2)9-6-13-24(28)40-25)27-26(23)30(36)21-11-4-5-12-22(21)31(27)37/h4-6,9,11-13,17,20,24,33H,3,7-8,10,14-16,18H2,1-2H3/t20-,24?/m1/s1. The summed E-state index contributed by atoms with van der Waals surface area (Å²) in [7, 11) is 0. The van der Waals surface area contributed by atoms with Gasteiger partial charge in [-0.3, -0.25) is 14.4 Å². The second kappa shape index (κ2) is 10.8. The zero-order chi connectivity index (χ0) is 27.8. The minimum atomic E-state index is -0.337. The van der Waals surface area contributed by atoms with Gasteiger partial charge in [0.2, 0.25) is 0 Å². The summed E-state index contributed by atoms with van der Waals surface area (Å²) >= 11 is 0. The highest BCUT2D eigenvalue weighted by Crippen LogP contribution is 2.46. The van der Waals surface area contributed by atoms with Gasteiger partial charge in [-0.25, -0.2) is 4.99 Å². The van der Waals surface area contributed by atoms with E-state index in [1.807, 2.05) is 38.1 Å². The Hall–Kier alpha value is -4.04. The third-order valence-electron chi connectivity index (χ3n) is 8.02. The lowest BCUT2D eigenvalue weighted by atomic mass is 9.81. The topological polar surface area (TPSA) is 97.3 Å². The molecule has 2 atom stereocenters. The van der Waals surface area contributed by atoms with Crippen LogP contribution < -0.4 is 10.1 Å². The third kappa shape index (κ3) is 4.66. The lowest BCUT2D eigenvalue weighted by molar-refractivity contribution is -0.149. The quantitative estimate of drug-likeness (QED) is 0.337. The summed E-state index contributed by atoms with van der Waals surface area (Å²) in [5.74, 6) is -0.111. The molecule has 6 rings (SSSR count). The van der Waals surface area contributed by atoms with Gasteiger partial charge in [0.15, 0.2) is 17.7 Å². The molecule has 0 spiro atoms. The summed E-state index contributed by atoms with van der Waals surface area (Å²) in [5, 5.41) is 3.43. The Morgan fingerprint density at radius 1 is 1.18 bits per heavy atom. The summed E-state index contributed by atoms with van der Waals surface area (Å²) in [4.78, 5) is 47.0. The monoisotopic (exact) mass is 539 g/mol. The third-order valence-corrected chi connectivity index (χ3v) is 8.02. The van der Waals surface area contributed by atoms with Crippen molar-refractivity contribution in [2.75, 3.05) is 38.1 Å². The van der Waals surface area contributed by atoms with Crippen LogP contribution in [0.25, 0.3) is 0 Å². The van der Waals surface area contributed by atoms with Crippen LogP contribution in [0.1, 0.15) is 65.0 Å². The SMILES string of the molecule is CCOC(=O)[C@@H]1CCCN(CCCNc2cc3c(c4c2C(=O)c2ccccc2C4=O)N=C2C(C)=CC=CC2O3)C1. The molecule has 8 nitrogen and oxygen atoms in total. The zero-order valence-electron chi connectivity index (χ0n) is 22.9. The molecule has 0 bridgehead atoms. The van der Waals surface area contributed by atoms with E-state index in [1.165, 1.54) is 0 Å². The number of hydrogen-bond donors (Lipinski definition) is 1. The van der Waals surface area contributed by atoms with Crippen LogP contribution in [-0.4, -0.2) is 67.0 Å². The number of ketones is 2. The van der Waals surface area contributed by atoms with Crippen molar-refractivity contribution in [3.63, 3.8) is 0 Å². The first-order valence-electron chi connectivity index (χ1n) is 14.1. The van der Waals surface area contributed by atoms with Crippen LogP contribution in [0.15, 0.2) is 59.1 Å². The highest BCUT2D eigenvalue weighted by molar-refractivity contribution is 6.32. The molecule has 0 amide bonds. The van der Waals surface area contributed by atoms with Gasteiger partial charge in [0.05, 0.1) is 29.4 Å². The molecule has 4 aliphatic rings. The molecule has 2 aromatic carbocycles. The van der Waals surface area contributed by atoms with Gasteiger partial charge in [-0.1, -0.05) is 36.4 Å². The van der Waals surface area contributed by atoms with Crippen molar-refractivity contribution in [2.45, 2.75) is 39.2 Å². The van der Waals surface area contributed by atoms with Crippen LogP contribution in [0.3, 0.4) is 0 Å². The van der Waals surface area contributed by atoms with Gasteiger partial charge in [0.1, 0.15) is 11.4 Å². The van der Waals surface area contributed by atoms with Gasteiger partial charge >= 0.3 is 5.97 Å². The largest absolute Gasteiger partial charge is 0.478 e. The maximum Gasteiger partial charge on any atom is 0.310 e. The summed E-state index contributed by atoms with van der Waals surface area (Å²) < 4.78 is 11.6. The van der Waals surface area contributed by atoms with Gasteiger partial charge in [0, 0.05) is 36.0 Å². The number of ether oxygens (including phenoxy) is 2. The van der Waals surface area contributed by atoms with Crippen LogP contribution in [-0.2, 0) is 9.53 Å². The summed E-state index contributed by atoms with van der Waals surface area (Å²) in [6.07, 6.45) is 8.14. The molecule has 1 N–H and O–H groups in total. The Bertz CT molecular complexity index is 1490. The molecular weight excluding hydrogens is 506 g/mol. The van der Waals surface area contributed by atoms with Crippen molar-refractivity contribution in [3.8, 4) is 5.75 Å². The van der Waals surface area contributed by atoms with E-state index in [0.717, 1.165) is 43.6 Å². The molecule has 8 heteroatoms. The maximum atomic E-state index is 13.8. The minimum Gasteiger partial charge on any atom is -0.478 e. The van der Waals surface area contributed by atoms with Gasteiger partial charge in [-0.15, -0.1) is 0 Å². The second-order valence-electron chi connectivity index (χ2n) is 10.7. The van der Waals surface area contributed by atoms with Crippen LogP contribution in [0.4, 0.5) is 11.4 Å². The molecule has 1 fully saturated rings. The van der Waals surface area contributed by atoms with Crippen LogP contribution >= 0.6 is 0 Å². The van der Waals surface area contributed by atoms with Gasteiger partial charge in [-0.2, -0.15) is 0 Å². The lowest BCUT2D eigenvalue weighted by Crippen LogP contribution is -2.40. The molecule has 2 aliphatic heterocycles. The molecule has 2 aromatic rings. The number of rotatable bonds is 7. The number of aliphatic imine (C=N–C) groups is 1. The maximum absolute atomic E-state index is 13.8. The fourth-order valence-corrected chi connectivity index (χ4v) is 6.04. The van der Waals surface area contributed by atoms with E-state index < -0.39 is 0 Å². The van der Waals surface area contributed by atoms with Crippen molar-refractivity contribution in [2.24, 2.45) is 10.9 Å². The second-order valence-corrected chi connectivity index (χ2v) is 10.7. The minimum absolute atomic E-state index is 0.0760. The van der Waals surface area contributed by atoms with E-state index in [2.05, 4.69) is 10.2 Å². The average molecular weight is 540 g/mol.